The van der Waals surface area contributed by atoms with Crippen LogP contribution in [0.4, 0.5) is 5.82 Å². The zero-order valence-electron chi connectivity index (χ0n) is 17.4. The second-order valence-corrected chi connectivity index (χ2v) is 7.45. The topological polar surface area (TPSA) is 59.8 Å². The molecule has 0 spiro atoms. The van der Waals surface area contributed by atoms with Crippen LogP contribution in [0.15, 0.2) is 66.9 Å². The van der Waals surface area contributed by atoms with E-state index in [4.69, 9.17) is 4.98 Å². The first-order valence-electron chi connectivity index (χ1n) is 10.4. The number of hydrogen-bond acceptors (Lipinski definition) is 3. The van der Waals surface area contributed by atoms with Crippen LogP contribution in [0.25, 0.3) is 22.0 Å². The lowest BCUT2D eigenvalue weighted by molar-refractivity contribution is -0.115. The molecule has 0 aliphatic rings. The number of nitrogens with zero attached hydrogens (tertiary/aromatic N) is 3. The number of pyridine rings is 1. The largest absolute Gasteiger partial charge is 0.311 e. The maximum absolute atomic E-state index is 13.0. The Morgan fingerprint density at radius 1 is 1.03 bits per heavy atom. The fraction of sp³-hybridized carbons (Fsp3) is 0.240. The number of rotatable bonds is 7. The van der Waals surface area contributed by atoms with E-state index < -0.39 is 0 Å². The van der Waals surface area contributed by atoms with E-state index in [0.717, 1.165) is 58.5 Å². The smallest absolute Gasteiger partial charge is 0.230 e. The van der Waals surface area contributed by atoms with Gasteiger partial charge in [0.15, 0.2) is 0 Å². The molecule has 1 N–H and O–H groups in total. The summed E-state index contributed by atoms with van der Waals surface area (Å²) < 4.78 is 1.85. The number of aromatic nitrogens is 3. The van der Waals surface area contributed by atoms with Crippen molar-refractivity contribution in [2.45, 2.75) is 39.7 Å². The summed E-state index contributed by atoms with van der Waals surface area (Å²) in [5.74, 6) is 0.673. The molecule has 0 unspecified atom stereocenters. The van der Waals surface area contributed by atoms with Gasteiger partial charge in [-0.1, -0.05) is 61.9 Å². The normalized spacial score (nSPS) is 11.0. The summed E-state index contributed by atoms with van der Waals surface area (Å²) in [5, 5.41) is 8.42. The van der Waals surface area contributed by atoms with Crippen molar-refractivity contribution in [1.29, 1.82) is 0 Å². The molecule has 0 radical (unpaired) electrons. The van der Waals surface area contributed by atoms with Gasteiger partial charge in [-0.15, -0.1) is 0 Å². The number of anilines is 1. The van der Waals surface area contributed by atoms with E-state index in [2.05, 4.69) is 35.5 Å². The maximum atomic E-state index is 13.0. The highest BCUT2D eigenvalue weighted by Gasteiger charge is 2.18. The third-order valence-corrected chi connectivity index (χ3v) is 5.31. The van der Waals surface area contributed by atoms with Gasteiger partial charge in [-0.25, -0.2) is 4.68 Å². The Balaban J connectivity index is 1.70. The molecule has 0 bridgehead atoms. The van der Waals surface area contributed by atoms with E-state index in [1.54, 1.807) is 6.20 Å². The SMILES string of the molecule is CCCCn1nccc1NC(=O)Cc1c(C)nc2ccccc2c1-c1ccccc1. The average molecular weight is 399 g/mol. The van der Waals surface area contributed by atoms with E-state index in [1.807, 2.05) is 54.1 Å². The lowest BCUT2D eigenvalue weighted by Crippen LogP contribution is -2.19. The first kappa shape index (κ1) is 19.8. The zero-order chi connectivity index (χ0) is 20.9. The van der Waals surface area contributed by atoms with Gasteiger partial charge in [-0.3, -0.25) is 9.78 Å². The van der Waals surface area contributed by atoms with Gasteiger partial charge in [0.25, 0.3) is 0 Å². The van der Waals surface area contributed by atoms with Crippen molar-refractivity contribution >= 4 is 22.6 Å². The van der Waals surface area contributed by atoms with Crippen molar-refractivity contribution in [1.82, 2.24) is 14.8 Å². The summed E-state index contributed by atoms with van der Waals surface area (Å²) in [5.41, 5.74) is 4.94. The predicted molar refractivity (Wildman–Crippen MR) is 121 cm³/mol. The van der Waals surface area contributed by atoms with Crippen molar-refractivity contribution < 1.29 is 4.79 Å². The minimum atomic E-state index is -0.0642. The Hall–Kier alpha value is -3.47. The van der Waals surface area contributed by atoms with E-state index in [0.29, 0.717) is 0 Å². The highest BCUT2D eigenvalue weighted by molar-refractivity contribution is 6.00. The molecule has 152 valence electrons. The lowest BCUT2D eigenvalue weighted by atomic mass is 9.92. The molecule has 4 aromatic rings. The first-order valence-corrected chi connectivity index (χ1v) is 10.4. The summed E-state index contributed by atoms with van der Waals surface area (Å²) in [6.45, 7) is 4.92. The van der Waals surface area contributed by atoms with Gasteiger partial charge in [-0.05, 0) is 36.1 Å². The molecule has 30 heavy (non-hydrogen) atoms. The first-order chi connectivity index (χ1) is 14.7. The number of amides is 1. The van der Waals surface area contributed by atoms with Gasteiger partial charge in [0.2, 0.25) is 5.91 Å². The van der Waals surface area contributed by atoms with Crippen LogP contribution in [0.2, 0.25) is 0 Å². The third-order valence-electron chi connectivity index (χ3n) is 5.31. The number of para-hydroxylation sites is 1. The molecular weight excluding hydrogens is 372 g/mol. The fourth-order valence-electron chi connectivity index (χ4n) is 3.80. The van der Waals surface area contributed by atoms with Crippen molar-refractivity contribution in [3.8, 4) is 11.1 Å². The van der Waals surface area contributed by atoms with E-state index >= 15 is 0 Å². The molecule has 4 rings (SSSR count). The van der Waals surface area contributed by atoms with Crippen LogP contribution in [0, 0.1) is 6.92 Å². The molecular formula is C25H26N4O. The average Bonchev–Trinajstić information content (AvgIpc) is 3.20. The number of fused-ring (bicyclic) bond motifs is 1. The van der Waals surface area contributed by atoms with Crippen LogP contribution < -0.4 is 5.32 Å². The van der Waals surface area contributed by atoms with E-state index in [-0.39, 0.29) is 12.3 Å². The van der Waals surface area contributed by atoms with Gasteiger partial charge in [0.1, 0.15) is 5.82 Å². The van der Waals surface area contributed by atoms with E-state index in [9.17, 15) is 4.79 Å². The van der Waals surface area contributed by atoms with Gasteiger partial charge >= 0.3 is 0 Å². The van der Waals surface area contributed by atoms with Gasteiger partial charge in [0.05, 0.1) is 18.1 Å². The number of carbonyl (C=O) groups excluding carboxylic acids is 1. The second-order valence-electron chi connectivity index (χ2n) is 7.45. The van der Waals surface area contributed by atoms with Crippen LogP contribution >= 0.6 is 0 Å². The minimum absolute atomic E-state index is 0.0642. The Labute approximate surface area is 176 Å². The molecule has 0 atom stereocenters. The number of nitrogens with one attached hydrogen (secondary N) is 1. The molecule has 0 aliphatic heterocycles. The molecule has 0 saturated carbocycles. The highest BCUT2D eigenvalue weighted by Crippen LogP contribution is 2.33. The summed E-state index contributed by atoms with van der Waals surface area (Å²) in [6.07, 6.45) is 4.09. The number of aryl methyl sites for hydroxylation is 2. The Morgan fingerprint density at radius 3 is 2.60 bits per heavy atom. The van der Waals surface area contributed by atoms with Gasteiger partial charge < -0.3 is 5.32 Å². The quantitative estimate of drug-likeness (QED) is 0.454. The predicted octanol–water partition coefficient (Wildman–Crippen LogP) is 5.39. The molecule has 2 aromatic carbocycles. The zero-order valence-corrected chi connectivity index (χ0v) is 17.4. The van der Waals surface area contributed by atoms with Crippen LogP contribution in [0.1, 0.15) is 31.0 Å². The van der Waals surface area contributed by atoms with Gasteiger partial charge in [-0.2, -0.15) is 5.10 Å². The monoisotopic (exact) mass is 398 g/mol. The summed E-state index contributed by atoms with van der Waals surface area (Å²) in [7, 11) is 0. The molecule has 5 nitrogen and oxygen atoms in total. The van der Waals surface area contributed by atoms with Crippen molar-refractivity contribution in [2.24, 2.45) is 0 Å². The molecule has 5 heteroatoms. The standard InChI is InChI=1S/C25H26N4O/c1-3-4-16-29-23(14-15-26-29)28-24(30)17-21-18(2)27-22-13-9-8-12-20(22)25(21)19-10-6-5-7-11-19/h5-15H,3-4,16-17H2,1-2H3,(H,28,30). The Kier molecular flexibility index (Phi) is 5.89. The van der Waals surface area contributed by atoms with Crippen LogP contribution in [0.5, 0.6) is 0 Å². The summed E-state index contributed by atoms with van der Waals surface area (Å²) >= 11 is 0. The summed E-state index contributed by atoms with van der Waals surface area (Å²) in [4.78, 5) is 17.8. The number of unbranched alkanes of at least 4 members (excludes halogenated alkanes) is 1. The highest BCUT2D eigenvalue weighted by atomic mass is 16.1. The maximum Gasteiger partial charge on any atom is 0.230 e. The van der Waals surface area contributed by atoms with Crippen molar-refractivity contribution in [2.75, 3.05) is 5.32 Å². The lowest BCUT2D eigenvalue weighted by Gasteiger charge is -2.16. The Morgan fingerprint density at radius 2 is 1.80 bits per heavy atom. The van der Waals surface area contributed by atoms with Crippen LogP contribution in [0.3, 0.4) is 0 Å². The number of carbonyl (C=O) groups is 1. The third kappa shape index (κ3) is 4.10. The van der Waals surface area contributed by atoms with E-state index in [1.165, 1.54) is 0 Å². The van der Waals surface area contributed by atoms with Crippen molar-refractivity contribution in [3.05, 3.63) is 78.1 Å². The number of benzene rings is 2. The molecule has 0 aliphatic carbocycles. The molecule has 0 saturated heterocycles. The Bertz CT molecular complexity index is 1160. The van der Waals surface area contributed by atoms with Gasteiger partial charge in [0, 0.05) is 23.7 Å². The van der Waals surface area contributed by atoms with Crippen LogP contribution in [-0.2, 0) is 17.8 Å². The molecule has 2 aromatic heterocycles. The van der Waals surface area contributed by atoms with Crippen molar-refractivity contribution in [3.63, 3.8) is 0 Å². The second kappa shape index (κ2) is 8.91. The fourth-order valence-corrected chi connectivity index (χ4v) is 3.80. The number of hydrogen-bond donors (Lipinski definition) is 1. The molecule has 0 fully saturated rings. The molecule has 2 heterocycles. The molecule has 1 amide bonds. The minimum Gasteiger partial charge on any atom is -0.311 e. The summed E-state index contributed by atoms with van der Waals surface area (Å²) in [6, 6.07) is 20.2. The van der Waals surface area contributed by atoms with Crippen LogP contribution in [-0.4, -0.2) is 20.7 Å².